The van der Waals surface area contributed by atoms with Gasteiger partial charge in [-0.25, -0.2) is 4.98 Å². The highest BCUT2D eigenvalue weighted by Crippen LogP contribution is 2.27. The molecule has 164 valence electrons. The summed E-state index contributed by atoms with van der Waals surface area (Å²) in [4.78, 5) is 16.7. The summed E-state index contributed by atoms with van der Waals surface area (Å²) in [6.45, 7) is 8.43. The molecule has 0 aliphatic heterocycles. The molecule has 0 aromatic carbocycles. The Morgan fingerprint density at radius 3 is 2.88 bits per heavy atom. The Balaban J connectivity index is 1.54. The first-order chi connectivity index (χ1) is 16.0. The minimum atomic E-state index is 0.644. The molecular formula is C25H24N8. The van der Waals surface area contributed by atoms with Crippen molar-refractivity contribution in [1.82, 2.24) is 39.9 Å². The second-order valence-corrected chi connectivity index (χ2v) is 7.91. The van der Waals surface area contributed by atoms with Crippen LogP contribution in [0, 0.1) is 0 Å². The molecule has 8 heteroatoms. The van der Waals surface area contributed by atoms with Crippen LogP contribution in [-0.2, 0) is 13.5 Å². The first-order valence-corrected chi connectivity index (χ1v) is 10.7. The number of nitrogens with zero attached hydrogens (tertiary/aromatic N) is 6. The van der Waals surface area contributed by atoms with Crippen molar-refractivity contribution < 1.29 is 0 Å². The fourth-order valence-electron chi connectivity index (χ4n) is 3.91. The fourth-order valence-corrected chi connectivity index (χ4v) is 3.91. The van der Waals surface area contributed by atoms with Gasteiger partial charge in [-0.2, -0.15) is 10.2 Å². The van der Waals surface area contributed by atoms with E-state index in [2.05, 4.69) is 56.8 Å². The van der Waals surface area contributed by atoms with E-state index >= 15 is 0 Å². The average Bonchev–Trinajstić information content (AvgIpc) is 3.53. The summed E-state index contributed by atoms with van der Waals surface area (Å²) < 4.78 is 1.85. The van der Waals surface area contributed by atoms with E-state index in [1.165, 1.54) is 0 Å². The molecule has 5 aromatic rings. The zero-order chi connectivity index (χ0) is 22.9. The first-order valence-electron chi connectivity index (χ1n) is 10.7. The number of fused-ring (bicyclic) bond motifs is 1. The van der Waals surface area contributed by atoms with Gasteiger partial charge in [0.1, 0.15) is 11.2 Å². The number of pyridine rings is 2. The maximum Gasteiger partial charge on any atom is 0.159 e. The lowest BCUT2D eigenvalue weighted by atomic mass is 10.1. The fraction of sp³-hybridized carbons (Fsp3) is 0.160. The minimum Gasteiger partial charge on any atom is -0.335 e. The molecule has 0 saturated carbocycles. The molecule has 8 nitrogen and oxygen atoms in total. The van der Waals surface area contributed by atoms with Crippen LogP contribution in [0.2, 0.25) is 0 Å². The van der Waals surface area contributed by atoms with Crippen LogP contribution in [0.4, 0.5) is 0 Å². The number of allylic oxidation sites excluding steroid dienone is 2. The molecule has 2 N–H and O–H groups in total. The van der Waals surface area contributed by atoms with Crippen LogP contribution in [0.3, 0.4) is 0 Å². The zero-order valence-electron chi connectivity index (χ0n) is 18.8. The molecular weight excluding hydrogens is 412 g/mol. The molecule has 0 unspecified atom stereocenters. The summed E-state index contributed by atoms with van der Waals surface area (Å²) in [6.07, 6.45) is 14.1. The predicted octanol–water partition coefficient (Wildman–Crippen LogP) is 3.00. The van der Waals surface area contributed by atoms with Gasteiger partial charge in [-0.1, -0.05) is 25.6 Å². The van der Waals surface area contributed by atoms with Crippen molar-refractivity contribution in [2.45, 2.75) is 20.3 Å². The quantitative estimate of drug-likeness (QED) is 0.441. The maximum atomic E-state index is 4.82. The second kappa shape index (κ2) is 8.31. The Hall–Kier alpha value is -4.33. The van der Waals surface area contributed by atoms with Crippen LogP contribution in [0.1, 0.15) is 25.1 Å². The van der Waals surface area contributed by atoms with Gasteiger partial charge in [-0.15, -0.1) is 0 Å². The summed E-state index contributed by atoms with van der Waals surface area (Å²) in [7, 11) is 1.94. The summed E-state index contributed by atoms with van der Waals surface area (Å²) >= 11 is 0. The standard InChI is InChI=1S/C25H24N8/c1-5-20-19(14-33(4)32-20)15(2)8-9-21-16(3)23(31-30-21)25-28-22-13-27-12-18(24(22)29-25)17-7-6-10-26-11-17/h6-14,30H,3,5H2,1-2,4H3,(H,28,29)/b15-8+,21-9+. The molecule has 0 atom stereocenters. The van der Waals surface area contributed by atoms with E-state index in [4.69, 9.17) is 4.98 Å². The van der Waals surface area contributed by atoms with E-state index in [0.29, 0.717) is 11.5 Å². The first kappa shape index (κ1) is 20.6. The largest absolute Gasteiger partial charge is 0.335 e. The third kappa shape index (κ3) is 3.76. The Labute approximate surface area is 190 Å². The van der Waals surface area contributed by atoms with E-state index in [1.54, 1.807) is 24.8 Å². The van der Waals surface area contributed by atoms with Gasteiger partial charge in [-0.3, -0.25) is 19.7 Å². The lowest BCUT2D eigenvalue weighted by Gasteiger charge is -2.00. The summed E-state index contributed by atoms with van der Waals surface area (Å²) in [5.74, 6) is 0.644. The Kier molecular flexibility index (Phi) is 5.18. The van der Waals surface area contributed by atoms with Crippen molar-refractivity contribution in [2.75, 3.05) is 0 Å². The second-order valence-electron chi connectivity index (χ2n) is 7.91. The molecule has 0 amide bonds. The molecule has 5 heterocycles. The van der Waals surface area contributed by atoms with Gasteiger partial charge < -0.3 is 4.98 Å². The summed E-state index contributed by atoms with van der Waals surface area (Å²) in [5, 5.41) is 13.7. The SMILES string of the molecule is C=c1c(-c2nc3c(-c4cccnc4)cncc3[nH]2)n[nH]/c1=C/C=C(\C)c1cn(C)nc1CC. The van der Waals surface area contributed by atoms with Crippen LogP contribution in [-0.4, -0.2) is 39.9 Å². The number of rotatable bonds is 5. The Morgan fingerprint density at radius 1 is 1.21 bits per heavy atom. The molecule has 0 aliphatic rings. The third-order valence-corrected chi connectivity index (χ3v) is 5.66. The molecule has 5 rings (SSSR count). The van der Waals surface area contributed by atoms with E-state index in [-0.39, 0.29) is 0 Å². The molecule has 0 bridgehead atoms. The maximum absolute atomic E-state index is 4.82. The molecule has 0 aliphatic carbocycles. The van der Waals surface area contributed by atoms with Crippen molar-refractivity contribution in [3.8, 4) is 22.6 Å². The van der Waals surface area contributed by atoms with Gasteiger partial charge in [0, 0.05) is 53.7 Å². The van der Waals surface area contributed by atoms with E-state index in [0.717, 1.165) is 56.0 Å². The monoisotopic (exact) mass is 436 g/mol. The van der Waals surface area contributed by atoms with Gasteiger partial charge in [0.25, 0.3) is 0 Å². The highest BCUT2D eigenvalue weighted by atomic mass is 15.2. The van der Waals surface area contributed by atoms with Gasteiger partial charge in [0.2, 0.25) is 0 Å². The van der Waals surface area contributed by atoms with Crippen molar-refractivity contribution in [2.24, 2.45) is 7.05 Å². The lowest BCUT2D eigenvalue weighted by Crippen LogP contribution is -2.21. The lowest BCUT2D eigenvalue weighted by molar-refractivity contribution is 0.746. The molecule has 0 radical (unpaired) electrons. The molecule has 33 heavy (non-hydrogen) atoms. The van der Waals surface area contributed by atoms with Crippen molar-refractivity contribution in [1.29, 1.82) is 0 Å². The highest BCUT2D eigenvalue weighted by Gasteiger charge is 2.14. The molecule has 0 spiro atoms. The molecule has 5 aromatic heterocycles. The van der Waals surface area contributed by atoms with Crippen LogP contribution < -0.4 is 10.6 Å². The molecule has 0 fully saturated rings. The number of H-pyrrole nitrogens is 2. The zero-order valence-corrected chi connectivity index (χ0v) is 18.8. The van der Waals surface area contributed by atoms with Gasteiger partial charge in [0.05, 0.1) is 22.8 Å². The average molecular weight is 437 g/mol. The topological polar surface area (TPSA) is 101 Å². The van der Waals surface area contributed by atoms with Crippen LogP contribution in [0.25, 0.3) is 51.9 Å². The van der Waals surface area contributed by atoms with Crippen LogP contribution >= 0.6 is 0 Å². The number of hydrogen-bond donors (Lipinski definition) is 2. The molecule has 0 saturated heterocycles. The van der Waals surface area contributed by atoms with Gasteiger partial charge in [-0.05, 0) is 31.1 Å². The minimum absolute atomic E-state index is 0.644. The third-order valence-electron chi connectivity index (χ3n) is 5.66. The summed E-state index contributed by atoms with van der Waals surface area (Å²) in [6, 6.07) is 3.89. The van der Waals surface area contributed by atoms with Crippen LogP contribution in [0.15, 0.2) is 49.2 Å². The number of nitrogens with one attached hydrogen (secondary N) is 2. The Morgan fingerprint density at radius 2 is 2.09 bits per heavy atom. The number of imidazole rings is 1. The predicted molar refractivity (Wildman–Crippen MR) is 130 cm³/mol. The van der Waals surface area contributed by atoms with Crippen molar-refractivity contribution >= 4 is 29.3 Å². The van der Waals surface area contributed by atoms with E-state index < -0.39 is 0 Å². The van der Waals surface area contributed by atoms with E-state index in [1.807, 2.05) is 36.1 Å². The van der Waals surface area contributed by atoms with Gasteiger partial charge in [0.15, 0.2) is 5.82 Å². The number of hydrogen-bond acceptors (Lipinski definition) is 5. The number of aromatic nitrogens is 8. The number of aromatic amines is 2. The smallest absolute Gasteiger partial charge is 0.159 e. The normalized spacial score (nSPS) is 12.7. The highest BCUT2D eigenvalue weighted by molar-refractivity contribution is 5.92. The summed E-state index contributed by atoms with van der Waals surface area (Å²) in [5.41, 5.74) is 7.57. The van der Waals surface area contributed by atoms with Gasteiger partial charge >= 0.3 is 0 Å². The van der Waals surface area contributed by atoms with E-state index in [9.17, 15) is 0 Å². The Bertz CT molecular complexity index is 1580. The van der Waals surface area contributed by atoms with Crippen molar-refractivity contribution in [3.63, 3.8) is 0 Å². The van der Waals surface area contributed by atoms with Crippen LogP contribution in [0.5, 0.6) is 0 Å². The van der Waals surface area contributed by atoms with Crippen molar-refractivity contribution in [3.05, 3.63) is 71.0 Å². The number of aryl methyl sites for hydroxylation is 2.